The molecule has 94 valence electrons. The molecule has 4 nitrogen and oxygen atoms in total. The Morgan fingerprint density at radius 2 is 1.78 bits per heavy atom. The van der Waals surface area contributed by atoms with Gasteiger partial charge in [-0.15, -0.1) is 0 Å². The van der Waals surface area contributed by atoms with E-state index in [1.807, 2.05) is 30.3 Å². The number of benzene rings is 1. The minimum Gasteiger partial charge on any atom is -0.399 e. The molecule has 0 spiro atoms. The van der Waals surface area contributed by atoms with Gasteiger partial charge in [0, 0.05) is 30.3 Å². The highest BCUT2D eigenvalue weighted by Gasteiger charge is 2.07. The number of nitrogens with two attached hydrogens (primary N) is 1. The first kappa shape index (κ1) is 12.4. The third-order valence-corrected chi connectivity index (χ3v) is 2.70. The van der Waals surface area contributed by atoms with Crippen molar-refractivity contribution in [3.63, 3.8) is 0 Å². The van der Waals surface area contributed by atoms with Crippen molar-refractivity contribution in [2.45, 2.75) is 19.9 Å². The van der Waals surface area contributed by atoms with E-state index in [1.165, 1.54) is 0 Å². The monoisotopic (exact) mass is 242 g/mol. The summed E-state index contributed by atoms with van der Waals surface area (Å²) in [5.74, 6) is 0.836. The lowest BCUT2D eigenvalue weighted by Gasteiger charge is -2.23. The van der Waals surface area contributed by atoms with Crippen LogP contribution < -0.4 is 10.6 Å². The second kappa shape index (κ2) is 6.00. The first-order valence-electron chi connectivity index (χ1n) is 6.16. The molecule has 0 aliphatic rings. The molecule has 2 rings (SSSR count). The van der Waals surface area contributed by atoms with Gasteiger partial charge in [-0.05, 0) is 36.8 Å². The quantitative estimate of drug-likeness (QED) is 0.818. The Hall–Kier alpha value is -2.10. The van der Waals surface area contributed by atoms with Crippen molar-refractivity contribution < 1.29 is 0 Å². The minimum atomic E-state index is 0.721. The summed E-state index contributed by atoms with van der Waals surface area (Å²) in [6.45, 7) is 3.86. The average Bonchev–Trinajstić information content (AvgIpc) is 2.40. The molecule has 0 atom stereocenters. The van der Waals surface area contributed by atoms with Crippen LogP contribution in [0.2, 0.25) is 0 Å². The molecule has 1 heterocycles. The lowest BCUT2D eigenvalue weighted by Crippen LogP contribution is -2.24. The maximum Gasteiger partial charge on any atom is 0.147 e. The van der Waals surface area contributed by atoms with Gasteiger partial charge in [-0.2, -0.15) is 0 Å². The van der Waals surface area contributed by atoms with Gasteiger partial charge in [0.25, 0.3) is 0 Å². The molecular formula is C14H18N4. The minimum absolute atomic E-state index is 0.721. The normalized spacial score (nSPS) is 10.3. The fraction of sp³-hybridized carbons (Fsp3) is 0.286. The Labute approximate surface area is 107 Å². The van der Waals surface area contributed by atoms with Gasteiger partial charge in [0.05, 0.1) is 6.54 Å². The second-order valence-electron chi connectivity index (χ2n) is 4.18. The SMILES string of the molecule is CCCN(Cc1ncccn1)c1ccc(N)cc1. The van der Waals surface area contributed by atoms with Gasteiger partial charge >= 0.3 is 0 Å². The Balaban J connectivity index is 2.15. The standard InChI is InChI=1S/C14H18N4/c1-2-10-18(11-14-16-8-3-9-17-14)13-6-4-12(15)5-7-13/h3-9H,2,10-11,15H2,1H3. The molecule has 0 aliphatic heterocycles. The van der Waals surface area contributed by atoms with E-state index in [4.69, 9.17) is 5.73 Å². The summed E-state index contributed by atoms with van der Waals surface area (Å²) in [6.07, 6.45) is 4.63. The first-order valence-corrected chi connectivity index (χ1v) is 6.16. The lowest BCUT2D eigenvalue weighted by molar-refractivity contribution is 0.735. The van der Waals surface area contributed by atoms with E-state index in [2.05, 4.69) is 21.8 Å². The number of aromatic nitrogens is 2. The summed E-state index contributed by atoms with van der Waals surface area (Å²) in [5.41, 5.74) is 7.65. The number of nitrogen functional groups attached to an aromatic ring is 1. The van der Waals surface area contributed by atoms with Gasteiger partial charge in [0.15, 0.2) is 0 Å². The van der Waals surface area contributed by atoms with Gasteiger partial charge < -0.3 is 10.6 Å². The highest BCUT2D eigenvalue weighted by Crippen LogP contribution is 2.18. The van der Waals surface area contributed by atoms with Crippen molar-refractivity contribution in [2.75, 3.05) is 17.2 Å². The third kappa shape index (κ3) is 3.20. The van der Waals surface area contributed by atoms with E-state index in [0.717, 1.165) is 36.7 Å². The molecule has 0 unspecified atom stereocenters. The van der Waals surface area contributed by atoms with Crippen molar-refractivity contribution >= 4 is 11.4 Å². The van der Waals surface area contributed by atoms with Crippen LogP contribution in [-0.2, 0) is 6.54 Å². The fourth-order valence-corrected chi connectivity index (χ4v) is 1.84. The van der Waals surface area contributed by atoms with Crippen LogP contribution in [0.25, 0.3) is 0 Å². The smallest absolute Gasteiger partial charge is 0.147 e. The van der Waals surface area contributed by atoms with Crippen LogP contribution in [0.1, 0.15) is 19.2 Å². The Kier molecular flexibility index (Phi) is 4.12. The zero-order chi connectivity index (χ0) is 12.8. The fourth-order valence-electron chi connectivity index (χ4n) is 1.84. The maximum atomic E-state index is 5.71. The van der Waals surface area contributed by atoms with E-state index in [9.17, 15) is 0 Å². The van der Waals surface area contributed by atoms with Crippen LogP contribution in [0.3, 0.4) is 0 Å². The summed E-state index contributed by atoms with van der Waals surface area (Å²) in [6, 6.07) is 9.74. The van der Waals surface area contributed by atoms with Crippen molar-refractivity contribution in [1.29, 1.82) is 0 Å². The number of hydrogen-bond acceptors (Lipinski definition) is 4. The first-order chi connectivity index (χ1) is 8.79. The molecule has 2 aromatic rings. The predicted molar refractivity (Wildman–Crippen MR) is 74.2 cm³/mol. The number of nitrogens with zero attached hydrogens (tertiary/aromatic N) is 3. The molecule has 0 aliphatic carbocycles. The molecule has 0 bridgehead atoms. The molecule has 0 fully saturated rings. The summed E-state index contributed by atoms with van der Waals surface area (Å²) < 4.78 is 0. The Morgan fingerprint density at radius 3 is 2.39 bits per heavy atom. The van der Waals surface area contributed by atoms with Crippen molar-refractivity contribution in [3.05, 3.63) is 48.5 Å². The topological polar surface area (TPSA) is 55.0 Å². The molecular weight excluding hydrogens is 224 g/mol. The van der Waals surface area contributed by atoms with E-state index in [1.54, 1.807) is 12.4 Å². The number of hydrogen-bond donors (Lipinski definition) is 1. The highest BCUT2D eigenvalue weighted by molar-refractivity contribution is 5.53. The molecule has 1 aromatic carbocycles. The molecule has 2 N–H and O–H groups in total. The Morgan fingerprint density at radius 1 is 1.11 bits per heavy atom. The van der Waals surface area contributed by atoms with Crippen molar-refractivity contribution in [1.82, 2.24) is 9.97 Å². The van der Waals surface area contributed by atoms with Gasteiger partial charge in [-0.3, -0.25) is 0 Å². The molecule has 0 amide bonds. The zero-order valence-corrected chi connectivity index (χ0v) is 10.6. The Bertz CT molecular complexity index is 467. The number of anilines is 2. The molecule has 4 heteroatoms. The van der Waals surface area contributed by atoms with Crippen LogP contribution in [0.15, 0.2) is 42.7 Å². The average molecular weight is 242 g/mol. The van der Waals surface area contributed by atoms with Crippen LogP contribution in [0.5, 0.6) is 0 Å². The van der Waals surface area contributed by atoms with Crippen LogP contribution >= 0.6 is 0 Å². The van der Waals surface area contributed by atoms with E-state index in [-0.39, 0.29) is 0 Å². The second-order valence-corrected chi connectivity index (χ2v) is 4.18. The lowest BCUT2D eigenvalue weighted by atomic mass is 10.2. The van der Waals surface area contributed by atoms with Gasteiger partial charge in [-0.25, -0.2) is 9.97 Å². The van der Waals surface area contributed by atoms with Crippen LogP contribution in [0.4, 0.5) is 11.4 Å². The molecule has 0 saturated heterocycles. The largest absolute Gasteiger partial charge is 0.399 e. The van der Waals surface area contributed by atoms with Crippen LogP contribution in [0, 0.1) is 0 Å². The maximum absolute atomic E-state index is 5.71. The molecule has 18 heavy (non-hydrogen) atoms. The van der Waals surface area contributed by atoms with Gasteiger partial charge in [-0.1, -0.05) is 6.92 Å². The zero-order valence-electron chi connectivity index (χ0n) is 10.6. The van der Waals surface area contributed by atoms with E-state index >= 15 is 0 Å². The van der Waals surface area contributed by atoms with Crippen LogP contribution in [-0.4, -0.2) is 16.5 Å². The molecule has 1 aromatic heterocycles. The predicted octanol–water partition coefficient (Wildman–Crippen LogP) is 2.48. The van der Waals surface area contributed by atoms with Gasteiger partial charge in [0.1, 0.15) is 5.82 Å². The summed E-state index contributed by atoms with van der Waals surface area (Å²) in [7, 11) is 0. The summed E-state index contributed by atoms with van der Waals surface area (Å²) in [4.78, 5) is 10.8. The third-order valence-electron chi connectivity index (χ3n) is 2.70. The number of rotatable bonds is 5. The van der Waals surface area contributed by atoms with Crippen molar-refractivity contribution in [3.8, 4) is 0 Å². The van der Waals surface area contributed by atoms with Crippen molar-refractivity contribution in [2.24, 2.45) is 0 Å². The van der Waals surface area contributed by atoms with E-state index < -0.39 is 0 Å². The summed E-state index contributed by atoms with van der Waals surface area (Å²) >= 11 is 0. The highest BCUT2D eigenvalue weighted by atomic mass is 15.1. The molecule has 0 saturated carbocycles. The van der Waals surface area contributed by atoms with Gasteiger partial charge in [0.2, 0.25) is 0 Å². The molecule has 0 radical (unpaired) electrons. The van der Waals surface area contributed by atoms with E-state index in [0.29, 0.717) is 0 Å². The summed E-state index contributed by atoms with van der Waals surface area (Å²) in [5, 5.41) is 0.